The van der Waals surface area contributed by atoms with Crippen LogP contribution >= 0.6 is 0 Å². The number of benzene rings is 1. The van der Waals surface area contributed by atoms with Crippen LogP contribution in [0.1, 0.15) is 13.3 Å². The van der Waals surface area contributed by atoms with Gasteiger partial charge in [-0.05, 0) is 31.2 Å². The molecule has 0 bridgehead atoms. The number of aliphatic hydroxyl groups excluding tert-OH is 1. The number of anilines is 1. The highest BCUT2D eigenvalue weighted by Crippen LogP contribution is 2.12. The van der Waals surface area contributed by atoms with Crippen LogP contribution in [0.15, 0.2) is 24.3 Å². The van der Waals surface area contributed by atoms with Crippen molar-refractivity contribution in [1.82, 2.24) is 5.32 Å². The van der Waals surface area contributed by atoms with Crippen LogP contribution in [0.5, 0.6) is 5.75 Å². The summed E-state index contributed by atoms with van der Waals surface area (Å²) in [6.45, 7) is 1.97. The van der Waals surface area contributed by atoms with E-state index < -0.39 is 0 Å². The normalized spacial score (nSPS) is 11.9. The standard InChI is InChI=1S/C12H18N2O3/c1-9(8-15)14-12(16)6-7-17-11-4-2-10(13)3-5-11/h2-5,9,15H,6-8,13H2,1H3,(H,14,16)/t9-/m0/s1. The average molecular weight is 238 g/mol. The number of nitrogen functional groups attached to an aromatic ring is 1. The van der Waals surface area contributed by atoms with Crippen LogP contribution in [0.2, 0.25) is 0 Å². The number of nitrogens with one attached hydrogen (secondary N) is 1. The molecule has 5 nitrogen and oxygen atoms in total. The van der Waals surface area contributed by atoms with Gasteiger partial charge in [0.15, 0.2) is 0 Å². The molecule has 94 valence electrons. The van der Waals surface area contributed by atoms with Gasteiger partial charge in [0.05, 0.1) is 19.6 Å². The summed E-state index contributed by atoms with van der Waals surface area (Å²) in [5.74, 6) is 0.546. The van der Waals surface area contributed by atoms with Gasteiger partial charge in [0.2, 0.25) is 5.91 Å². The summed E-state index contributed by atoms with van der Waals surface area (Å²) >= 11 is 0. The van der Waals surface area contributed by atoms with Gasteiger partial charge in [-0.1, -0.05) is 0 Å². The molecule has 4 N–H and O–H groups in total. The second-order valence-corrected chi connectivity index (χ2v) is 3.82. The van der Waals surface area contributed by atoms with Crippen LogP contribution in [-0.2, 0) is 4.79 Å². The van der Waals surface area contributed by atoms with E-state index >= 15 is 0 Å². The molecule has 0 saturated carbocycles. The summed E-state index contributed by atoms with van der Waals surface area (Å²) in [5, 5.41) is 11.4. The van der Waals surface area contributed by atoms with Crippen LogP contribution in [0, 0.1) is 0 Å². The number of nitrogens with two attached hydrogens (primary N) is 1. The Balaban J connectivity index is 2.23. The fourth-order valence-electron chi connectivity index (χ4n) is 1.22. The number of carbonyl (C=O) groups excluding carboxylic acids is 1. The van der Waals surface area contributed by atoms with Gasteiger partial charge in [-0.2, -0.15) is 0 Å². The molecule has 0 spiro atoms. The van der Waals surface area contributed by atoms with Crippen molar-refractivity contribution in [3.8, 4) is 5.75 Å². The van der Waals surface area contributed by atoms with E-state index in [0.29, 0.717) is 18.0 Å². The number of hydrogen-bond acceptors (Lipinski definition) is 4. The van der Waals surface area contributed by atoms with Crippen LogP contribution in [-0.4, -0.2) is 30.3 Å². The number of carbonyl (C=O) groups is 1. The Hall–Kier alpha value is -1.75. The molecule has 1 amide bonds. The predicted molar refractivity (Wildman–Crippen MR) is 65.7 cm³/mol. The monoisotopic (exact) mass is 238 g/mol. The summed E-state index contributed by atoms with van der Waals surface area (Å²) in [5.41, 5.74) is 6.20. The summed E-state index contributed by atoms with van der Waals surface area (Å²) < 4.78 is 5.37. The minimum atomic E-state index is -0.223. The van der Waals surface area contributed by atoms with Crippen LogP contribution < -0.4 is 15.8 Å². The molecule has 0 fully saturated rings. The molecule has 5 heteroatoms. The van der Waals surface area contributed by atoms with E-state index in [2.05, 4.69) is 5.32 Å². The number of ether oxygens (including phenoxy) is 1. The third kappa shape index (κ3) is 5.21. The first-order valence-electron chi connectivity index (χ1n) is 5.50. The van der Waals surface area contributed by atoms with Gasteiger partial charge in [-0.25, -0.2) is 0 Å². The van der Waals surface area contributed by atoms with Gasteiger partial charge >= 0.3 is 0 Å². The number of hydrogen-bond donors (Lipinski definition) is 3. The zero-order valence-corrected chi connectivity index (χ0v) is 9.85. The molecule has 0 heterocycles. The summed E-state index contributed by atoms with van der Waals surface area (Å²) in [6, 6.07) is 6.76. The highest BCUT2D eigenvalue weighted by atomic mass is 16.5. The molecule has 0 radical (unpaired) electrons. The molecule has 17 heavy (non-hydrogen) atoms. The van der Waals surface area contributed by atoms with Crippen molar-refractivity contribution in [3.63, 3.8) is 0 Å². The molecule has 1 rings (SSSR count). The molecule has 1 atom stereocenters. The van der Waals surface area contributed by atoms with Crippen molar-refractivity contribution in [3.05, 3.63) is 24.3 Å². The highest BCUT2D eigenvalue weighted by molar-refractivity contribution is 5.76. The zero-order chi connectivity index (χ0) is 12.7. The van der Waals surface area contributed by atoms with Crippen LogP contribution in [0.4, 0.5) is 5.69 Å². The fraction of sp³-hybridized carbons (Fsp3) is 0.417. The molecular formula is C12H18N2O3. The lowest BCUT2D eigenvalue weighted by Crippen LogP contribution is -2.35. The van der Waals surface area contributed by atoms with Crippen molar-refractivity contribution in [2.24, 2.45) is 0 Å². The lowest BCUT2D eigenvalue weighted by molar-refractivity contribution is -0.122. The van der Waals surface area contributed by atoms with Gasteiger partial charge in [0.1, 0.15) is 5.75 Å². The highest BCUT2D eigenvalue weighted by Gasteiger charge is 2.05. The first-order valence-corrected chi connectivity index (χ1v) is 5.50. The largest absolute Gasteiger partial charge is 0.493 e. The van der Waals surface area contributed by atoms with Gasteiger partial charge < -0.3 is 20.9 Å². The first kappa shape index (κ1) is 13.3. The lowest BCUT2D eigenvalue weighted by atomic mass is 10.3. The molecule has 0 aliphatic carbocycles. The molecule has 0 saturated heterocycles. The Kier molecular flexibility index (Phi) is 5.29. The maximum absolute atomic E-state index is 11.3. The van der Waals surface area contributed by atoms with Crippen LogP contribution in [0.3, 0.4) is 0 Å². The second kappa shape index (κ2) is 6.75. The number of amides is 1. The van der Waals surface area contributed by atoms with Crippen molar-refractivity contribution in [2.45, 2.75) is 19.4 Å². The second-order valence-electron chi connectivity index (χ2n) is 3.82. The maximum Gasteiger partial charge on any atom is 0.223 e. The molecule has 0 aliphatic heterocycles. The van der Waals surface area contributed by atoms with E-state index in [4.69, 9.17) is 15.6 Å². The summed E-state index contributed by atoms with van der Waals surface area (Å²) in [6.07, 6.45) is 0.259. The minimum Gasteiger partial charge on any atom is -0.493 e. The molecule has 0 aromatic heterocycles. The molecule has 1 aromatic rings. The Morgan fingerprint density at radius 1 is 1.47 bits per heavy atom. The minimum absolute atomic E-state index is 0.0649. The Bertz CT molecular complexity index is 351. The Morgan fingerprint density at radius 3 is 2.71 bits per heavy atom. The smallest absolute Gasteiger partial charge is 0.223 e. The summed E-state index contributed by atoms with van der Waals surface area (Å²) in [7, 11) is 0. The van der Waals surface area contributed by atoms with Crippen molar-refractivity contribution in [1.29, 1.82) is 0 Å². The number of aliphatic hydroxyl groups is 1. The van der Waals surface area contributed by atoms with E-state index in [1.165, 1.54) is 0 Å². The molecular weight excluding hydrogens is 220 g/mol. The van der Waals surface area contributed by atoms with Gasteiger partial charge in [-0.3, -0.25) is 4.79 Å². The van der Waals surface area contributed by atoms with E-state index in [1.807, 2.05) is 0 Å². The van der Waals surface area contributed by atoms with Crippen molar-refractivity contribution in [2.75, 3.05) is 18.9 Å². The summed E-state index contributed by atoms with van der Waals surface area (Å²) in [4.78, 5) is 11.3. The predicted octanol–water partition coefficient (Wildman–Crippen LogP) is 0.535. The fourth-order valence-corrected chi connectivity index (χ4v) is 1.22. The SMILES string of the molecule is C[C@@H](CO)NC(=O)CCOc1ccc(N)cc1. The van der Waals surface area contributed by atoms with Gasteiger partial charge in [0.25, 0.3) is 0 Å². The van der Waals surface area contributed by atoms with Gasteiger partial charge in [-0.15, -0.1) is 0 Å². The van der Waals surface area contributed by atoms with Crippen molar-refractivity contribution >= 4 is 11.6 Å². The van der Waals surface area contributed by atoms with E-state index in [0.717, 1.165) is 0 Å². The maximum atomic E-state index is 11.3. The molecule has 0 aliphatic rings. The Morgan fingerprint density at radius 2 is 2.12 bits per heavy atom. The first-order chi connectivity index (χ1) is 8.11. The van der Waals surface area contributed by atoms with E-state index in [1.54, 1.807) is 31.2 Å². The zero-order valence-electron chi connectivity index (χ0n) is 9.85. The lowest BCUT2D eigenvalue weighted by Gasteiger charge is -2.11. The third-order valence-corrected chi connectivity index (χ3v) is 2.16. The number of rotatable bonds is 6. The van der Waals surface area contributed by atoms with E-state index in [9.17, 15) is 4.79 Å². The third-order valence-electron chi connectivity index (χ3n) is 2.16. The van der Waals surface area contributed by atoms with Crippen molar-refractivity contribution < 1.29 is 14.6 Å². The quantitative estimate of drug-likeness (QED) is 0.631. The van der Waals surface area contributed by atoms with Gasteiger partial charge in [0, 0.05) is 11.7 Å². The molecule has 0 unspecified atom stereocenters. The Labute approximate surface area is 101 Å². The van der Waals surface area contributed by atoms with Crippen LogP contribution in [0.25, 0.3) is 0 Å². The average Bonchev–Trinajstić information content (AvgIpc) is 2.31. The topological polar surface area (TPSA) is 84.6 Å². The van der Waals surface area contributed by atoms with E-state index in [-0.39, 0.29) is 25.0 Å². The molecule has 1 aromatic carbocycles.